The molecule has 0 bridgehead atoms. The molecule has 0 aliphatic heterocycles. The molecule has 0 aromatic heterocycles. The maximum atomic E-state index is 3.56. The maximum Gasteiger partial charge on any atom is 0.0547 e. The van der Waals surface area contributed by atoms with Crippen LogP contribution in [0.5, 0.6) is 0 Å². The zero-order valence-electron chi connectivity index (χ0n) is 6.39. The smallest absolute Gasteiger partial charge is 0.0547 e. The summed E-state index contributed by atoms with van der Waals surface area (Å²) in [7, 11) is 0. The minimum Gasteiger partial charge on any atom is -0.271 e. The first-order chi connectivity index (χ1) is 4.31. The molecule has 0 N–H and O–H groups in total. The second-order valence-corrected chi connectivity index (χ2v) is 1.11. The van der Waals surface area contributed by atoms with Crippen molar-refractivity contribution in [2.75, 3.05) is 0 Å². The second kappa shape index (κ2) is 10.1. The highest BCUT2D eigenvalue weighted by atomic mass is 14.7. The molecule has 0 aromatic rings. The summed E-state index contributed by atoms with van der Waals surface area (Å²) in [5, 5.41) is 0. The highest BCUT2D eigenvalue weighted by Crippen LogP contribution is 1.89. The van der Waals surface area contributed by atoms with Crippen LogP contribution in [0.3, 0.4) is 0 Å². The molecular weight excluding hydrogens is 112 g/mol. The fourth-order valence-corrected chi connectivity index (χ4v) is 0.173. The molecule has 0 aliphatic carbocycles. The first-order valence-electron chi connectivity index (χ1n) is 2.90. The summed E-state index contributed by atoms with van der Waals surface area (Å²) in [6.45, 7) is 12.3. The monoisotopic (exact) mass is 126 g/mol. The van der Waals surface area contributed by atoms with E-state index in [0.29, 0.717) is 0 Å². The number of rotatable bonds is 2. The van der Waals surface area contributed by atoms with Crippen molar-refractivity contribution in [2.24, 2.45) is 9.98 Å². The van der Waals surface area contributed by atoms with Gasteiger partial charge in [0.05, 0.1) is 5.70 Å². The zero-order chi connectivity index (χ0) is 7.70. The number of aliphatic imine (C=N–C) groups is 2. The van der Waals surface area contributed by atoms with Gasteiger partial charge in [0.1, 0.15) is 0 Å². The minimum atomic E-state index is 0.787. The Labute approximate surface area is 57.0 Å². The molecule has 0 radical (unpaired) electrons. The quantitative estimate of drug-likeness (QED) is 0.507. The van der Waals surface area contributed by atoms with Crippen LogP contribution in [0.25, 0.3) is 0 Å². The molecule has 52 valence electrons. The van der Waals surface area contributed by atoms with Gasteiger partial charge in [-0.2, -0.15) is 0 Å². The lowest BCUT2D eigenvalue weighted by atomic mass is 10.6. The van der Waals surface area contributed by atoms with Crippen molar-refractivity contribution in [1.29, 1.82) is 0 Å². The van der Waals surface area contributed by atoms with E-state index in [1.54, 1.807) is 6.20 Å². The van der Waals surface area contributed by atoms with Gasteiger partial charge in [-0.1, -0.05) is 13.8 Å². The molecule has 2 heteroatoms. The van der Waals surface area contributed by atoms with E-state index in [0.717, 1.165) is 5.70 Å². The Kier molecular flexibility index (Phi) is 12.3. The Balaban J connectivity index is 0. The summed E-state index contributed by atoms with van der Waals surface area (Å²) in [5.74, 6) is 0. The van der Waals surface area contributed by atoms with Crippen molar-refractivity contribution in [3.63, 3.8) is 0 Å². The van der Waals surface area contributed by atoms with Crippen LogP contribution in [0.2, 0.25) is 0 Å². The van der Waals surface area contributed by atoms with Gasteiger partial charge in [0, 0.05) is 6.20 Å². The Morgan fingerprint density at radius 2 is 1.78 bits per heavy atom. The molecule has 0 atom stereocenters. The SMILES string of the molecule is C=N/C=C(/C)N=C.CC. The van der Waals surface area contributed by atoms with Crippen LogP contribution in [-0.4, -0.2) is 13.4 Å². The summed E-state index contributed by atoms with van der Waals surface area (Å²) in [5.41, 5.74) is 0.787. The topological polar surface area (TPSA) is 24.7 Å². The van der Waals surface area contributed by atoms with E-state index in [4.69, 9.17) is 0 Å². The van der Waals surface area contributed by atoms with E-state index in [2.05, 4.69) is 23.4 Å². The average molecular weight is 126 g/mol. The van der Waals surface area contributed by atoms with Crippen molar-refractivity contribution < 1.29 is 0 Å². The highest BCUT2D eigenvalue weighted by molar-refractivity contribution is 5.30. The van der Waals surface area contributed by atoms with Crippen LogP contribution in [0, 0.1) is 0 Å². The Hall–Kier alpha value is -0.920. The van der Waals surface area contributed by atoms with E-state index in [1.165, 1.54) is 0 Å². The Morgan fingerprint density at radius 3 is 1.89 bits per heavy atom. The molecule has 0 saturated heterocycles. The molecule has 0 fully saturated rings. The average Bonchev–Trinajstić information content (AvgIpc) is 1.93. The third kappa shape index (κ3) is 11.0. The largest absolute Gasteiger partial charge is 0.271 e. The molecule has 0 aromatic carbocycles. The predicted molar refractivity (Wildman–Crippen MR) is 44.2 cm³/mol. The van der Waals surface area contributed by atoms with Crippen LogP contribution in [0.15, 0.2) is 21.9 Å². The number of nitrogens with zero attached hydrogens (tertiary/aromatic N) is 2. The van der Waals surface area contributed by atoms with E-state index >= 15 is 0 Å². The van der Waals surface area contributed by atoms with Crippen LogP contribution < -0.4 is 0 Å². The molecule has 9 heavy (non-hydrogen) atoms. The van der Waals surface area contributed by atoms with Gasteiger partial charge in [-0.15, -0.1) is 0 Å². The summed E-state index contributed by atoms with van der Waals surface area (Å²) in [6, 6.07) is 0. The fraction of sp³-hybridized carbons (Fsp3) is 0.429. The number of hydrogen-bond donors (Lipinski definition) is 0. The van der Waals surface area contributed by atoms with Crippen molar-refractivity contribution in [3.05, 3.63) is 11.9 Å². The standard InChI is InChI=1S/C5H8N2.C2H6/c1-5(7-3)4-6-2;1-2/h4H,2-3H2,1H3;1-2H3/b5-4-;. The van der Waals surface area contributed by atoms with Gasteiger partial charge in [-0.05, 0) is 20.4 Å². The van der Waals surface area contributed by atoms with Gasteiger partial charge in [0.15, 0.2) is 0 Å². The summed E-state index contributed by atoms with van der Waals surface area (Å²) < 4.78 is 0. The van der Waals surface area contributed by atoms with Crippen molar-refractivity contribution >= 4 is 13.4 Å². The molecular formula is C7H14N2. The van der Waals surface area contributed by atoms with Gasteiger partial charge < -0.3 is 0 Å². The fourth-order valence-electron chi connectivity index (χ4n) is 0.173. The van der Waals surface area contributed by atoms with E-state index in [1.807, 2.05) is 20.8 Å². The lowest BCUT2D eigenvalue weighted by molar-refractivity contribution is 1.29. The summed E-state index contributed by atoms with van der Waals surface area (Å²) in [6.07, 6.45) is 1.55. The van der Waals surface area contributed by atoms with Crippen LogP contribution in [0.4, 0.5) is 0 Å². The predicted octanol–water partition coefficient (Wildman–Crippen LogP) is 2.28. The first-order valence-corrected chi connectivity index (χ1v) is 2.90. The molecule has 0 rings (SSSR count). The Morgan fingerprint density at radius 1 is 1.33 bits per heavy atom. The van der Waals surface area contributed by atoms with Crippen LogP contribution in [-0.2, 0) is 0 Å². The van der Waals surface area contributed by atoms with Gasteiger partial charge in [-0.3, -0.25) is 9.98 Å². The van der Waals surface area contributed by atoms with Crippen LogP contribution >= 0.6 is 0 Å². The van der Waals surface area contributed by atoms with E-state index < -0.39 is 0 Å². The third-order valence-electron chi connectivity index (χ3n) is 0.528. The minimum absolute atomic E-state index is 0.787. The number of hydrogen-bond acceptors (Lipinski definition) is 2. The molecule has 0 saturated carbocycles. The van der Waals surface area contributed by atoms with Crippen molar-refractivity contribution in [1.82, 2.24) is 0 Å². The van der Waals surface area contributed by atoms with Crippen molar-refractivity contribution in [3.8, 4) is 0 Å². The molecule has 0 amide bonds. The maximum absolute atomic E-state index is 3.56. The first kappa shape index (κ1) is 11.0. The van der Waals surface area contributed by atoms with Gasteiger partial charge >= 0.3 is 0 Å². The summed E-state index contributed by atoms with van der Waals surface area (Å²) >= 11 is 0. The van der Waals surface area contributed by atoms with Crippen molar-refractivity contribution in [2.45, 2.75) is 20.8 Å². The molecule has 0 aliphatic rings. The van der Waals surface area contributed by atoms with E-state index in [-0.39, 0.29) is 0 Å². The van der Waals surface area contributed by atoms with Gasteiger partial charge in [0.2, 0.25) is 0 Å². The highest BCUT2D eigenvalue weighted by Gasteiger charge is 1.71. The molecule has 0 spiro atoms. The van der Waals surface area contributed by atoms with Gasteiger partial charge in [0.25, 0.3) is 0 Å². The Bertz CT molecular complexity index is 103. The number of allylic oxidation sites excluding steroid dienone is 1. The lowest BCUT2D eigenvalue weighted by Gasteiger charge is -1.79. The summed E-state index contributed by atoms with van der Waals surface area (Å²) in [4.78, 5) is 7.02. The van der Waals surface area contributed by atoms with Gasteiger partial charge in [-0.25, -0.2) is 0 Å². The normalized spacial score (nSPS) is 9.00. The third-order valence-corrected chi connectivity index (χ3v) is 0.528. The molecule has 2 nitrogen and oxygen atoms in total. The zero-order valence-corrected chi connectivity index (χ0v) is 6.39. The molecule has 0 unspecified atom stereocenters. The van der Waals surface area contributed by atoms with Crippen LogP contribution in [0.1, 0.15) is 20.8 Å². The molecule has 0 heterocycles. The van der Waals surface area contributed by atoms with E-state index in [9.17, 15) is 0 Å². The lowest BCUT2D eigenvalue weighted by Crippen LogP contribution is -1.60. The second-order valence-electron chi connectivity index (χ2n) is 1.11.